The molecule has 8 nitrogen and oxygen atoms in total. The SMILES string of the molecule is CCOC(=O)C1=C(C)N=c2s/c(=C\c3ccc(-c4cc(C(=O)OC)ccc4Cl)o3)c(=O)n2[C@H]1c1ccccc1Cl. The van der Waals surface area contributed by atoms with Crippen LogP contribution in [0.15, 0.2) is 80.1 Å². The summed E-state index contributed by atoms with van der Waals surface area (Å²) in [7, 11) is 1.30. The van der Waals surface area contributed by atoms with E-state index < -0.39 is 18.0 Å². The van der Waals surface area contributed by atoms with Crippen LogP contribution in [0.4, 0.5) is 0 Å². The van der Waals surface area contributed by atoms with E-state index in [1.54, 1.807) is 74.5 Å². The molecule has 3 heterocycles. The zero-order valence-corrected chi connectivity index (χ0v) is 23.9. The van der Waals surface area contributed by atoms with Gasteiger partial charge < -0.3 is 13.9 Å². The molecule has 1 aliphatic rings. The molecule has 0 fully saturated rings. The number of thiazole rings is 1. The number of fused-ring (bicyclic) bond motifs is 1. The Kier molecular flexibility index (Phi) is 7.80. The van der Waals surface area contributed by atoms with Crippen molar-refractivity contribution in [2.75, 3.05) is 13.7 Å². The molecule has 0 saturated carbocycles. The number of furan rings is 1. The zero-order chi connectivity index (χ0) is 28.6. The molecule has 5 rings (SSSR count). The Hall–Kier alpha value is -3.92. The summed E-state index contributed by atoms with van der Waals surface area (Å²) in [5, 5.41) is 0.787. The van der Waals surface area contributed by atoms with Crippen molar-refractivity contribution < 1.29 is 23.5 Å². The molecule has 4 aromatic rings. The lowest BCUT2D eigenvalue weighted by Gasteiger charge is -2.25. The monoisotopic (exact) mass is 596 g/mol. The summed E-state index contributed by atoms with van der Waals surface area (Å²) in [4.78, 5) is 43.7. The number of ether oxygens (including phenoxy) is 2. The van der Waals surface area contributed by atoms with E-state index in [2.05, 4.69) is 4.99 Å². The van der Waals surface area contributed by atoms with Crippen LogP contribution in [0.1, 0.15) is 41.6 Å². The van der Waals surface area contributed by atoms with E-state index in [-0.39, 0.29) is 17.7 Å². The predicted molar refractivity (Wildman–Crippen MR) is 152 cm³/mol. The number of hydrogen-bond acceptors (Lipinski definition) is 8. The van der Waals surface area contributed by atoms with E-state index in [0.717, 1.165) is 11.3 Å². The van der Waals surface area contributed by atoms with Crippen molar-refractivity contribution in [2.24, 2.45) is 4.99 Å². The van der Waals surface area contributed by atoms with Crippen LogP contribution in [0.25, 0.3) is 17.4 Å². The van der Waals surface area contributed by atoms with E-state index in [1.165, 1.54) is 11.7 Å². The van der Waals surface area contributed by atoms with Gasteiger partial charge in [0.1, 0.15) is 17.6 Å². The molecule has 1 atom stereocenters. The van der Waals surface area contributed by atoms with Gasteiger partial charge in [-0.1, -0.05) is 52.7 Å². The fourth-order valence-corrected chi connectivity index (χ4v) is 5.92. The van der Waals surface area contributed by atoms with Crippen LogP contribution in [0.2, 0.25) is 10.0 Å². The molecule has 0 unspecified atom stereocenters. The normalized spacial score (nSPS) is 15.0. The van der Waals surface area contributed by atoms with Gasteiger partial charge in [0, 0.05) is 16.7 Å². The van der Waals surface area contributed by atoms with Gasteiger partial charge in [0.25, 0.3) is 5.56 Å². The highest BCUT2D eigenvalue weighted by atomic mass is 35.5. The molecule has 2 aromatic carbocycles. The summed E-state index contributed by atoms with van der Waals surface area (Å²) in [5.41, 5.74) is 1.71. The summed E-state index contributed by atoms with van der Waals surface area (Å²) in [6.45, 7) is 3.59. The third-order valence-electron chi connectivity index (χ3n) is 6.27. The number of halogens is 2. The van der Waals surface area contributed by atoms with Gasteiger partial charge in [-0.05, 0) is 55.8 Å². The Bertz CT molecular complexity index is 1870. The number of esters is 2. The van der Waals surface area contributed by atoms with Gasteiger partial charge in [-0.15, -0.1) is 0 Å². The number of aromatic nitrogens is 1. The van der Waals surface area contributed by atoms with Gasteiger partial charge in [-0.25, -0.2) is 14.6 Å². The molecule has 40 heavy (non-hydrogen) atoms. The molecule has 0 amide bonds. The van der Waals surface area contributed by atoms with Crippen LogP contribution in [0.3, 0.4) is 0 Å². The third-order valence-corrected chi connectivity index (χ3v) is 7.93. The van der Waals surface area contributed by atoms with E-state index in [1.807, 2.05) is 0 Å². The van der Waals surface area contributed by atoms with Gasteiger partial charge in [0.05, 0.1) is 40.1 Å². The van der Waals surface area contributed by atoms with Crippen molar-refractivity contribution in [1.29, 1.82) is 0 Å². The average Bonchev–Trinajstić information content (AvgIpc) is 3.52. The van der Waals surface area contributed by atoms with Crippen LogP contribution >= 0.6 is 34.5 Å². The molecule has 11 heteroatoms. The van der Waals surface area contributed by atoms with Gasteiger partial charge in [0.2, 0.25) is 0 Å². The molecule has 204 valence electrons. The number of carbonyl (C=O) groups is 2. The first-order chi connectivity index (χ1) is 19.2. The first-order valence-electron chi connectivity index (χ1n) is 12.2. The maximum absolute atomic E-state index is 13.8. The van der Waals surface area contributed by atoms with Crippen molar-refractivity contribution in [3.05, 3.63) is 112 Å². The first kappa shape index (κ1) is 27.6. The standard InChI is InChI=1S/C29H22Cl2N2O6S/c1-4-38-28(36)24-15(2)32-29-33(25(24)18-7-5-6-8-20(18)30)26(34)23(40-29)14-17-10-12-22(39-17)19-13-16(27(35)37-3)9-11-21(19)31/h5-14,25H,4H2,1-3H3/b23-14-/t25-/m0/s1. The summed E-state index contributed by atoms with van der Waals surface area (Å²) in [6, 6.07) is 14.3. The lowest BCUT2D eigenvalue weighted by atomic mass is 9.96. The van der Waals surface area contributed by atoms with E-state index in [9.17, 15) is 14.4 Å². The molecule has 0 radical (unpaired) electrons. The largest absolute Gasteiger partial charge is 0.465 e. The number of hydrogen-bond donors (Lipinski definition) is 0. The van der Waals surface area contributed by atoms with Crippen LogP contribution in [0.5, 0.6) is 0 Å². The number of rotatable bonds is 6. The Labute approximate surface area is 242 Å². The lowest BCUT2D eigenvalue weighted by molar-refractivity contribution is -0.139. The Morgan fingerprint density at radius 3 is 2.60 bits per heavy atom. The molecule has 0 bridgehead atoms. The molecular weight excluding hydrogens is 575 g/mol. The summed E-state index contributed by atoms with van der Waals surface area (Å²) >= 11 is 14.1. The number of benzene rings is 2. The van der Waals surface area contributed by atoms with E-state index >= 15 is 0 Å². The summed E-state index contributed by atoms with van der Waals surface area (Å²) in [6.07, 6.45) is 1.60. The van der Waals surface area contributed by atoms with Crippen LogP contribution in [0, 0.1) is 0 Å². The molecule has 0 spiro atoms. The molecule has 2 aromatic heterocycles. The highest BCUT2D eigenvalue weighted by molar-refractivity contribution is 7.07. The second kappa shape index (κ2) is 11.3. The van der Waals surface area contributed by atoms with Crippen molar-refractivity contribution in [3.8, 4) is 11.3 Å². The second-order valence-corrected chi connectivity index (χ2v) is 10.5. The predicted octanol–water partition coefficient (Wildman–Crippen LogP) is 5.15. The minimum atomic E-state index is -0.821. The van der Waals surface area contributed by atoms with E-state index in [0.29, 0.717) is 53.3 Å². The summed E-state index contributed by atoms with van der Waals surface area (Å²) < 4.78 is 17.9. The zero-order valence-electron chi connectivity index (χ0n) is 21.6. The molecule has 0 N–H and O–H groups in total. The minimum Gasteiger partial charge on any atom is -0.465 e. The topological polar surface area (TPSA) is 100 Å². The smallest absolute Gasteiger partial charge is 0.338 e. The summed E-state index contributed by atoms with van der Waals surface area (Å²) in [5.74, 6) is -0.277. The van der Waals surface area contributed by atoms with Crippen LogP contribution in [-0.2, 0) is 14.3 Å². The van der Waals surface area contributed by atoms with Gasteiger partial charge in [-0.3, -0.25) is 9.36 Å². The second-order valence-electron chi connectivity index (χ2n) is 8.71. The maximum atomic E-state index is 13.8. The fraction of sp³-hybridized carbons (Fsp3) is 0.172. The van der Waals surface area contributed by atoms with Crippen molar-refractivity contribution in [1.82, 2.24) is 4.57 Å². The van der Waals surface area contributed by atoms with Gasteiger partial charge >= 0.3 is 11.9 Å². The first-order valence-corrected chi connectivity index (χ1v) is 13.7. The molecule has 0 aliphatic carbocycles. The highest BCUT2D eigenvalue weighted by Crippen LogP contribution is 2.35. The Morgan fingerprint density at radius 2 is 1.88 bits per heavy atom. The lowest BCUT2D eigenvalue weighted by Crippen LogP contribution is -2.40. The molecule has 0 saturated heterocycles. The molecule has 1 aliphatic heterocycles. The fourth-order valence-electron chi connectivity index (χ4n) is 4.45. The van der Waals surface area contributed by atoms with E-state index in [4.69, 9.17) is 37.1 Å². The van der Waals surface area contributed by atoms with Gasteiger partial charge in [-0.2, -0.15) is 0 Å². The van der Waals surface area contributed by atoms with Crippen molar-refractivity contribution >= 4 is 52.6 Å². The Balaban J connectivity index is 1.62. The van der Waals surface area contributed by atoms with Gasteiger partial charge in [0.15, 0.2) is 4.80 Å². The highest BCUT2D eigenvalue weighted by Gasteiger charge is 2.34. The number of nitrogens with zero attached hydrogens (tertiary/aromatic N) is 2. The molecular formula is C29H22Cl2N2O6S. The van der Waals surface area contributed by atoms with Crippen LogP contribution in [-0.4, -0.2) is 30.2 Å². The van der Waals surface area contributed by atoms with Crippen LogP contribution < -0.4 is 14.9 Å². The number of carbonyl (C=O) groups excluding carboxylic acids is 2. The average molecular weight is 597 g/mol. The maximum Gasteiger partial charge on any atom is 0.338 e. The number of allylic oxidation sites excluding steroid dienone is 1. The van der Waals surface area contributed by atoms with Crippen molar-refractivity contribution in [3.63, 3.8) is 0 Å². The third kappa shape index (κ3) is 5.03. The minimum absolute atomic E-state index is 0.169. The Morgan fingerprint density at radius 1 is 1.10 bits per heavy atom. The number of methoxy groups -OCH3 is 1. The van der Waals surface area contributed by atoms with Crippen molar-refractivity contribution in [2.45, 2.75) is 19.9 Å². The quantitative estimate of drug-likeness (QED) is 0.285.